The van der Waals surface area contributed by atoms with Crippen molar-refractivity contribution in [2.24, 2.45) is 16.8 Å². The van der Waals surface area contributed by atoms with Gasteiger partial charge in [-0.25, -0.2) is 4.98 Å². The van der Waals surface area contributed by atoms with Gasteiger partial charge in [-0.3, -0.25) is 0 Å². The average molecular weight is 277 g/mol. The van der Waals surface area contributed by atoms with Crippen LogP contribution in [0.4, 0.5) is 0 Å². The molecule has 0 aromatic carbocycles. The van der Waals surface area contributed by atoms with Crippen LogP contribution in [0.2, 0.25) is 0 Å². The first-order valence-electron chi connectivity index (χ1n) is 7.27. The van der Waals surface area contributed by atoms with Crippen LogP contribution in [-0.2, 0) is 0 Å². The first kappa shape index (κ1) is 14.6. The van der Waals surface area contributed by atoms with Crippen molar-refractivity contribution in [3.8, 4) is 5.88 Å². The SMILES string of the molecule is CCC1CCCCC1Oc1nccc(C)c1/C(N)=N/O. The lowest BCUT2D eigenvalue weighted by molar-refractivity contribution is 0.0855. The number of nitrogens with zero attached hydrogens (tertiary/aromatic N) is 2. The summed E-state index contributed by atoms with van der Waals surface area (Å²) >= 11 is 0. The van der Waals surface area contributed by atoms with Crippen LogP contribution < -0.4 is 10.5 Å². The fourth-order valence-corrected chi connectivity index (χ4v) is 2.92. The molecule has 110 valence electrons. The van der Waals surface area contributed by atoms with Crippen LogP contribution in [0.3, 0.4) is 0 Å². The van der Waals surface area contributed by atoms with Crippen molar-refractivity contribution in [1.29, 1.82) is 0 Å². The zero-order valence-electron chi connectivity index (χ0n) is 12.2. The highest BCUT2D eigenvalue weighted by Gasteiger charge is 2.27. The molecule has 1 aromatic rings. The number of hydrogen-bond donors (Lipinski definition) is 2. The molecule has 0 amide bonds. The van der Waals surface area contributed by atoms with Crippen molar-refractivity contribution >= 4 is 5.84 Å². The second-order valence-electron chi connectivity index (χ2n) is 5.40. The summed E-state index contributed by atoms with van der Waals surface area (Å²) in [5.74, 6) is 1.09. The molecule has 1 aliphatic carbocycles. The number of pyridine rings is 1. The number of ether oxygens (including phenoxy) is 1. The normalized spacial score (nSPS) is 23.6. The van der Waals surface area contributed by atoms with Crippen LogP contribution in [0.5, 0.6) is 5.88 Å². The van der Waals surface area contributed by atoms with E-state index >= 15 is 0 Å². The van der Waals surface area contributed by atoms with Gasteiger partial charge in [0.25, 0.3) is 0 Å². The van der Waals surface area contributed by atoms with E-state index in [1.807, 2.05) is 13.0 Å². The van der Waals surface area contributed by atoms with Gasteiger partial charge in [-0.1, -0.05) is 18.5 Å². The summed E-state index contributed by atoms with van der Waals surface area (Å²) in [5.41, 5.74) is 7.24. The molecule has 2 rings (SSSR count). The van der Waals surface area contributed by atoms with Gasteiger partial charge >= 0.3 is 0 Å². The summed E-state index contributed by atoms with van der Waals surface area (Å²) in [6.07, 6.45) is 7.68. The van der Waals surface area contributed by atoms with Gasteiger partial charge in [-0.05, 0) is 50.2 Å². The Hall–Kier alpha value is -1.78. The number of rotatable bonds is 4. The van der Waals surface area contributed by atoms with Crippen molar-refractivity contribution in [3.05, 3.63) is 23.4 Å². The van der Waals surface area contributed by atoms with Crippen molar-refractivity contribution in [1.82, 2.24) is 4.98 Å². The fourth-order valence-electron chi connectivity index (χ4n) is 2.92. The van der Waals surface area contributed by atoms with Gasteiger partial charge in [-0.15, -0.1) is 0 Å². The largest absolute Gasteiger partial charge is 0.474 e. The van der Waals surface area contributed by atoms with Gasteiger partial charge in [-0.2, -0.15) is 0 Å². The highest BCUT2D eigenvalue weighted by molar-refractivity contribution is 6.00. The minimum Gasteiger partial charge on any atom is -0.474 e. The van der Waals surface area contributed by atoms with E-state index in [2.05, 4.69) is 17.1 Å². The molecule has 0 saturated heterocycles. The number of hydrogen-bond acceptors (Lipinski definition) is 4. The Kier molecular flexibility index (Phi) is 4.82. The third-order valence-electron chi connectivity index (χ3n) is 4.12. The molecule has 1 aliphatic rings. The summed E-state index contributed by atoms with van der Waals surface area (Å²) in [5, 5.41) is 12.0. The monoisotopic (exact) mass is 277 g/mol. The Morgan fingerprint density at radius 3 is 2.95 bits per heavy atom. The molecule has 2 unspecified atom stereocenters. The minimum atomic E-state index is 0.0504. The van der Waals surface area contributed by atoms with Gasteiger partial charge in [0.1, 0.15) is 6.10 Å². The maximum Gasteiger partial charge on any atom is 0.225 e. The second kappa shape index (κ2) is 6.59. The molecule has 1 aromatic heterocycles. The molecular weight excluding hydrogens is 254 g/mol. The Morgan fingerprint density at radius 1 is 1.50 bits per heavy atom. The molecule has 0 radical (unpaired) electrons. The molecule has 0 bridgehead atoms. The molecule has 0 aliphatic heterocycles. The van der Waals surface area contributed by atoms with E-state index in [1.54, 1.807) is 6.20 Å². The molecule has 2 atom stereocenters. The quantitative estimate of drug-likeness (QED) is 0.384. The van der Waals surface area contributed by atoms with E-state index in [4.69, 9.17) is 15.7 Å². The van der Waals surface area contributed by atoms with Gasteiger partial charge in [0, 0.05) is 6.20 Å². The van der Waals surface area contributed by atoms with Crippen LogP contribution in [0.15, 0.2) is 17.4 Å². The number of aromatic nitrogens is 1. The number of aryl methyl sites for hydroxylation is 1. The van der Waals surface area contributed by atoms with Crippen LogP contribution >= 0.6 is 0 Å². The summed E-state index contributed by atoms with van der Waals surface area (Å²) in [6, 6.07) is 1.83. The van der Waals surface area contributed by atoms with Crippen LogP contribution in [0.25, 0.3) is 0 Å². The fraction of sp³-hybridized carbons (Fsp3) is 0.600. The number of amidine groups is 1. The van der Waals surface area contributed by atoms with E-state index in [1.165, 1.54) is 19.3 Å². The Labute approximate surface area is 119 Å². The first-order chi connectivity index (χ1) is 9.67. The van der Waals surface area contributed by atoms with Crippen LogP contribution in [-0.4, -0.2) is 22.1 Å². The third kappa shape index (κ3) is 3.03. The molecule has 1 fully saturated rings. The Bertz CT molecular complexity index is 488. The van der Waals surface area contributed by atoms with Crippen molar-refractivity contribution in [2.75, 3.05) is 0 Å². The zero-order chi connectivity index (χ0) is 14.5. The molecular formula is C15H23N3O2. The predicted molar refractivity (Wildman–Crippen MR) is 78.1 cm³/mol. The zero-order valence-corrected chi connectivity index (χ0v) is 12.2. The van der Waals surface area contributed by atoms with Crippen molar-refractivity contribution in [3.63, 3.8) is 0 Å². The number of nitrogens with two attached hydrogens (primary N) is 1. The Balaban J connectivity index is 2.26. The molecule has 5 nitrogen and oxygen atoms in total. The van der Waals surface area contributed by atoms with E-state index in [0.717, 1.165) is 18.4 Å². The lowest BCUT2D eigenvalue weighted by Crippen LogP contribution is -2.31. The standard InChI is InChI=1S/C15H23N3O2/c1-3-11-6-4-5-7-12(11)20-15-13(14(16)18-19)10(2)8-9-17-15/h8-9,11-12,19H,3-7H2,1-2H3,(H2,16,18). The average Bonchev–Trinajstić information content (AvgIpc) is 2.47. The van der Waals surface area contributed by atoms with E-state index in [9.17, 15) is 0 Å². The summed E-state index contributed by atoms with van der Waals surface area (Å²) in [4.78, 5) is 4.28. The van der Waals surface area contributed by atoms with Crippen molar-refractivity contribution in [2.45, 2.75) is 52.1 Å². The maximum absolute atomic E-state index is 8.92. The van der Waals surface area contributed by atoms with E-state index in [0.29, 0.717) is 17.4 Å². The molecule has 0 spiro atoms. The molecule has 5 heteroatoms. The molecule has 1 saturated carbocycles. The van der Waals surface area contributed by atoms with Gasteiger partial charge in [0.15, 0.2) is 5.84 Å². The first-order valence-corrected chi connectivity index (χ1v) is 7.27. The van der Waals surface area contributed by atoms with Gasteiger partial charge < -0.3 is 15.7 Å². The molecule has 1 heterocycles. The summed E-state index contributed by atoms with van der Waals surface area (Å²) in [6.45, 7) is 4.10. The molecule has 3 N–H and O–H groups in total. The lowest BCUT2D eigenvalue weighted by atomic mass is 9.85. The van der Waals surface area contributed by atoms with E-state index in [-0.39, 0.29) is 11.9 Å². The topological polar surface area (TPSA) is 80.7 Å². The van der Waals surface area contributed by atoms with Crippen molar-refractivity contribution < 1.29 is 9.94 Å². The lowest BCUT2D eigenvalue weighted by Gasteiger charge is -2.31. The smallest absolute Gasteiger partial charge is 0.225 e. The van der Waals surface area contributed by atoms with Gasteiger partial charge in [0.05, 0.1) is 5.56 Å². The number of oxime groups is 1. The minimum absolute atomic E-state index is 0.0504. The van der Waals surface area contributed by atoms with Crippen LogP contribution in [0.1, 0.15) is 50.2 Å². The highest BCUT2D eigenvalue weighted by Crippen LogP contribution is 2.31. The highest BCUT2D eigenvalue weighted by atomic mass is 16.5. The molecule has 20 heavy (non-hydrogen) atoms. The van der Waals surface area contributed by atoms with Crippen LogP contribution in [0, 0.1) is 12.8 Å². The maximum atomic E-state index is 8.92. The van der Waals surface area contributed by atoms with E-state index < -0.39 is 0 Å². The second-order valence-corrected chi connectivity index (χ2v) is 5.40. The summed E-state index contributed by atoms with van der Waals surface area (Å²) in [7, 11) is 0. The Morgan fingerprint density at radius 2 is 2.25 bits per heavy atom. The predicted octanol–water partition coefficient (Wildman–Crippen LogP) is 2.83. The summed E-state index contributed by atoms with van der Waals surface area (Å²) < 4.78 is 6.11. The third-order valence-corrected chi connectivity index (χ3v) is 4.12. The van der Waals surface area contributed by atoms with Gasteiger partial charge in [0.2, 0.25) is 5.88 Å².